The average molecular weight is 777 g/mol. The first-order valence-electron chi connectivity index (χ1n) is 19.5. The SMILES string of the molecule is Cc1ncsc1-c1ccc(CNC(=O)[C@@H]2C[C@@H](O)CN2C(=O)[C@@H](NC(=O)CC2CC(Cc3ccc(CO[C@H](C)[C@@H](N)CCC(N)O)cc3)C2)C(C)(C)C)cc1. The van der Waals surface area contributed by atoms with Crippen LogP contribution < -0.4 is 22.1 Å². The van der Waals surface area contributed by atoms with E-state index in [4.69, 9.17) is 16.2 Å². The van der Waals surface area contributed by atoms with Gasteiger partial charge in [-0.25, -0.2) is 4.98 Å². The summed E-state index contributed by atoms with van der Waals surface area (Å²) in [5.74, 6) is -0.128. The summed E-state index contributed by atoms with van der Waals surface area (Å²) >= 11 is 1.58. The number of aliphatic hydroxyl groups excluding tert-OH is 2. The zero-order valence-electron chi connectivity index (χ0n) is 32.9. The summed E-state index contributed by atoms with van der Waals surface area (Å²) < 4.78 is 5.94. The van der Waals surface area contributed by atoms with Crippen LogP contribution in [0.1, 0.15) is 88.6 Å². The zero-order valence-corrected chi connectivity index (χ0v) is 33.7. The second-order valence-corrected chi connectivity index (χ2v) is 17.6. The number of likely N-dealkylation sites (tertiary alicyclic amines) is 1. The number of ether oxygens (including phenoxy) is 1. The van der Waals surface area contributed by atoms with Gasteiger partial charge in [-0.2, -0.15) is 0 Å². The van der Waals surface area contributed by atoms with Gasteiger partial charge < -0.3 is 42.0 Å². The molecule has 1 saturated carbocycles. The van der Waals surface area contributed by atoms with Crippen molar-refractivity contribution >= 4 is 29.1 Å². The van der Waals surface area contributed by atoms with Crippen molar-refractivity contribution < 1.29 is 29.3 Å². The molecule has 6 atom stereocenters. The molecule has 5 rings (SSSR count). The molecule has 0 spiro atoms. The molecule has 300 valence electrons. The van der Waals surface area contributed by atoms with Crippen molar-refractivity contribution in [3.63, 3.8) is 0 Å². The zero-order chi connectivity index (χ0) is 39.9. The average Bonchev–Trinajstić information content (AvgIpc) is 3.74. The summed E-state index contributed by atoms with van der Waals surface area (Å²) in [5.41, 5.74) is 18.0. The number of carbonyl (C=O) groups excluding carboxylic acids is 3. The number of carbonyl (C=O) groups is 3. The van der Waals surface area contributed by atoms with Gasteiger partial charge in [-0.15, -0.1) is 11.3 Å². The van der Waals surface area contributed by atoms with E-state index in [9.17, 15) is 24.6 Å². The molecule has 1 saturated heterocycles. The largest absolute Gasteiger partial charge is 0.391 e. The Kier molecular flexibility index (Phi) is 14.6. The van der Waals surface area contributed by atoms with E-state index in [1.165, 1.54) is 10.5 Å². The van der Waals surface area contributed by atoms with Gasteiger partial charge in [0, 0.05) is 32.0 Å². The Morgan fingerprint density at radius 3 is 2.25 bits per heavy atom. The first-order valence-corrected chi connectivity index (χ1v) is 20.4. The summed E-state index contributed by atoms with van der Waals surface area (Å²) in [6.07, 6.45) is 2.47. The van der Waals surface area contributed by atoms with Gasteiger partial charge in [-0.05, 0) is 85.5 Å². The van der Waals surface area contributed by atoms with E-state index in [1.807, 2.05) is 64.4 Å². The highest BCUT2D eigenvalue weighted by atomic mass is 32.1. The number of nitrogens with two attached hydrogens (primary N) is 2. The van der Waals surface area contributed by atoms with E-state index in [-0.39, 0.29) is 55.3 Å². The van der Waals surface area contributed by atoms with E-state index in [0.29, 0.717) is 31.8 Å². The molecule has 55 heavy (non-hydrogen) atoms. The summed E-state index contributed by atoms with van der Waals surface area (Å²) in [4.78, 5) is 47.7. The fraction of sp³-hybridized carbons (Fsp3) is 0.571. The van der Waals surface area contributed by atoms with Crippen molar-refractivity contribution in [3.05, 3.63) is 76.4 Å². The molecule has 1 aliphatic carbocycles. The normalized spacial score (nSPS) is 22.0. The second-order valence-electron chi connectivity index (χ2n) is 16.7. The van der Waals surface area contributed by atoms with Crippen LogP contribution >= 0.6 is 11.3 Å². The molecule has 1 aliphatic heterocycles. The van der Waals surface area contributed by atoms with Gasteiger partial charge in [0.1, 0.15) is 18.3 Å². The number of thiazole rings is 1. The maximum atomic E-state index is 14.0. The molecule has 13 heteroatoms. The minimum atomic E-state index is -0.862. The van der Waals surface area contributed by atoms with Crippen molar-refractivity contribution in [3.8, 4) is 10.4 Å². The Morgan fingerprint density at radius 1 is 0.982 bits per heavy atom. The molecule has 8 N–H and O–H groups in total. The fourth-order valence-corrected chi connectivity index (χ4v) is 8.34. The maximum Gasteiger partial charge on any atom is 0.246 e. The smallest absolute Gasteiger partial charge is 0.246 e. The molecule has 12 nitrogen and oxygen atoms in total. The first-order chi connectivity index (χ1) is 26.1. The van der Waals surface area contributed by atoms with Crippen molar-refractivity contribution in [2.24, 2.45) is 28.7 Å². The van der Waals surface area contributed by atoms with Crippen LogP contribution in [-0.4, -0.2) is 80.9 Å². The highest BCUT2D eigenvalue weighted by Gasteiger charge is 2.44. The van der Waals surface area contributed by atoms with Crippen LogP contribution in [0, 0.1) is 24.2 Å². The van der Waals surface area contributed by atoms with Gasteiger partial charge in [0.15, 0.2) is 0 Å². The number of amides is 3. The molecule has 0 radical (unpaired) electrons. The third kappa shape index (κ3) is 11.9. The highest BCUT2D eigenvalue weighted by Crippen LogP contribution is 2.38. The molecule has 2 aromatic carbocycles. The summed E-state index contributed by atoms with van der Waals surface area (Å²) in [6, 6.07) is 14.5. The highest BCUT2D eigenvalue weighted by molar-refractivity contribution is 7.13. The lowest BCUT2D eigenvalue weighted by Gasteiger charge is -2.37. The van der Waals surface area contributed by atoms with Gasteiger partial charge in [0.05, 0.1) is 34.9 Å². The Morgan fingerprint density at radius 2 is 1.64 bits per heavy atom. The lowest BCUT2D eigenvalue weighted by molar-refractivity contribution is -0.144. The molecule has 1 aromatic heterocycles. The van der Waals surface area contributed by atoms with E-state index in [2.05, 4.69) is 39.9 Å². The predicted octanol–water partition coefficient (Wildman–Crippen LogP) is 4.18. The summed E-state index contributed by atoms with van der Waals surface area (Å²) in [5, 5.41) is 25.8. The van der Waals surface area contributed by atoms with Gasteiger partial charge in [-0.1, -0.05) is 69.3 Å². The number of benzene rings is 2. The van der Waals surface area contributed by atoms with E-state index in [0.717, 1.165) is 46.5 Å². The van der Waals surface area contributed by atoms with Crippen molar-refractivity contribution in [1.29, 1.82) is 0 Å². The maximum absolute atomic E-state index is 14.0. The number of aliphatic hydroxyl groups is 2. The first kappa shape index (κ1) is 42.4. The number of hydrogen-bond acceptors (Lipinski definition) is 10. The fourth-order valence-electron chi connectivity index (χ4n) is 7.52. The van der Waals surface area contributed by atoms with Crippen molar-refractivity contribution in [1.82, 2.24) is 20.5 Å². The van der Waals surface area contributed by atoms with E-state index >= 15 is 0 Å². The van der Waals surface area contributed by atoms with Gasteiger partial charge in [0.2, 0.25) is 17.7 Å². The van der Waals surface area contributed by atoms with Crippen molar-refractivity contribution in [2.45, 2.75) is 129 Å². The van der Waals surface area contributed by atoms with Gasteiger partial charge >= 0.3 is 0 Å². The predicted molar refractivity (Wildman–Crippen MR) is 214 cm³/mol. The van der Waals surface area contributed by atoms with Crippen LogP contribution in [0.15, 0.2) is 54.0 Å². The number of aromatic nitrogens is 1. The number of hydrogen-bond donors (Lipinski definition) is 6. The molecule has 2 aliphatic rings. The molecule has 3 amide bonds. The molecular formula is C42H60N6O6S. The van der Waals surface area contributed by atoms with Crippen molar-refractivity contribution in [2.75, 3.05) is 6.54 Å². The molecule has 0 bridgehead atoms. The van der Waals surface area contributed by atoms with E-state index in [1.54, 1.807) is 11.3 Å². The molecular weight excluding hydrogens is 717 g/mol. The van der Waals surface area contributed by atoms with Gasteiger partial charge in [-0.3, -0.25) is 14.4 Å². The Bertz CT molecular complexity index is 1720. The summed E-state index contributed by atoms with van der Waals surface area (Å²) in [7, 11) is 0. The monoisotopic (exact) mass is 776 g/mol. The molecule has 1 unspecified atom stereocenters. The molecule has 3 aromatic rings. The number of nitrogens with one attached hydrogen (secondary N) is 2. The Labute approximate surface area is 329 Å². The Hall–Kier alpha value is -3.72. The lowest BCUT2D eigenvalue weighted by Crippen LogP contribution is -2.58. The van der Waals surface area contributed by atoms with Gasteiger partial charge in [0.25, 0.3) is 0 Å². The topological polar surface area (TPSA) is 193 Å². The number of nitrogens with zero attached hydrogens (tertiary/aromatic N) is 2. The number of aryl methyl sites for hydroxylation is 1. The molecule has 2 fully saturated rings. The third-order valence-electron chi connectivity index (χ3n) is 11.0. The van der Waals surface area contributed by atoms with Crippen LogP contribution in [0.3, 0.4) is 0 Å². The van der Waals surface area contributed by atoms with E-state index < -0.39 is 29.8 Å². The van der Waals surface area contributed by atoms with Crippen LogP contribution in [0.25, 0.3) is 10.4 Å². The minimum Gasteiger partial charge on any atom is -0.391 e. The van der Waals surface area contributed by atoms with Crippen LogP contribution in [0.5, 0.6) is 0 Å². The van der Waals surface area contributed by atoms with Crippen LogP contribution in [0.2, 0.25) is 0 Å². The Balaban J connectivity index is 1.07. The second kappa shape index (κ2) is 18.9. The lowest BCUT2D eigenvalue weighted by atomic mass is 9.70. The summed E-state index contributed by atoms with van der Waals surface area (Å²) in [6.45, 7) is 10.4. The minimum absolute atomic E-state index is 0.0366. The van der Waals surface area contributed by atoms with Crippen LogP contribution in [0.4, 0.5) is 0 Å². The number of β-amino-alcohol motifs (C(OH)–C–C–N with tert-alkyl or cyclic N) is 1. The quantitative estimate of drug-likeness (QED) is 0.109. The standard InChI is InChI=1S/C42H60N6O6S/c1-25-38(55-24-46-25)32-12-10-28(11-13-32)21-45-40(52)35-20-33(49)22-48(35)41(53)39(42(3,4)5)47-37(51)19-31-17-30(18-31)16-27-6-8-29(9-7-27)23-54-26(2)34(43)14-15-36(44)50/h6-13,24,26,30-31,33-36,39,49-50H,14-23,43-44H2,1-5H3,(H,45,52)(H,47,51)/t26-,30?,31?,33-,34+,35+,36?,39-/m1/s1. The van der Waals surface area contributed by atoms with Crippen LogP contribution in [-0.2, 0) is 38.7 Å². The third-order valence-corrected chi connectivity index (χ3v) is 12.0. The number of rotatable bonds is 17. The molecule has 2 heterocycles.